The molecule has 1 aromatic heterocycles. The molecule has 0 bridgehead atoms. The van der Waals surface area contributed by atoms with Gasteiger partial charge in [-0.2, -0.15) is 0 Å². The molecule has 0 aliphatic carbocycles. The molecule has 17 heavy (non-hydrogen) atoms. The van der Waals surface area contributed by atoms with Crippen LogP contribution in [0.25, 0.3) is 0 Å². The summed E-state index contributed by atoms with van der Waals surface area (Å²) in [6.45, 7) is 7.45. The van der Waals surface area contributed by atoms with Gasteiger partial charge in [-0.15, -0.1) is 11.8 Å². The van der Waals surface area contributed by atoms with Gasteiger partial charge in [-0.25, -0.2) is 9.97 Å². The van der Waals surface area contributed by atoms with Crippen molar-refractivity contribution in [3.63, 3.8) is 0 Å². The highest BCUT2D eigenvalue weighted by molar-refractivity contribution is 7.99. The summed E-state index contributed by atoms with van der Waals surface area (Å²) in [6.07, 6.45) is 6.61. The molecule has 0 radical (unpaired) electrons. The topological polar surface area (TPSA) is 37.8 Å². The summed E-state index contributed by atoms with van der Waals surface area (Å²) in [6, 6.07) is 0. The van der Waals surface area contributed by atoms with Crippen molar-refractivity contribution in [2.45, 2.75) is 51.5 Å². The molecule has 0 aliphatic heterocycles. The molecular weight excluding hydrogens is 230 g/mol. The number of nitrogens with one attached hydrogen (secondary N) is 1. The summed E-state index contributed by atoms with van der Waals surface area (Å²) in [4.78, 5) is 8.64. The molecule has 0 saturated heterocycles. The molecule has 4 heteroatoms. The Hall–Kier alpha value is -0.770. The van der Waals surface area contributed by atoms with Gasteiger partial charge in [0.05, 0.1) is 0 Å². The average Bonchev–Trinajstić information content (AvgIpc) is 2.35. The number of thioether (sulfide) groups is 1. The zero-order chi connectivity index (χ0) is 12.5. The van der Waals surface area contributed by atoms with Crippen LogP contribution in [0.5, 0.6) is 0 Å². The molecule has 1 rings (SSSR count). The fourth-order valence-corrected chi connectivity index (χ4v) is 2.50. The maximum absolute atomic E-state index is 4.36. The molecular formula is C13H23N3S. The lowest BCUT2D eigenvalue weighted by Gasteiger charge is -2.10. The van der Waals surface area contributed by atoms with Crippen LogP contribution in [-0.2, 0) is 0 Å². The van der Waals surface area contributed by atoms with Gasteiger partial charge in [-0.3, -0.25) is 0 Å². The number of aromatic nitrogens is 2. The molecule has 0 spiro atoms. The summed E-state index contributed by atoms with van der Waals surface area (Å²) in [7, 11) is 0. The van der Waals surface area contributed by atoms with Crippen LogP contribution in [0.1, 0.15) is 45.1 Å². The van der Waals surface area contributed by atoms with E-state index >= 15 is 0 Å². The summed E-state index contributed by atoms with van der Waals surface area (Å²) in [5, 5.41) is 4.46. The lowest BCUT2D eigenvalue weighted by molar-refractivity contribution is 0.778. The minimum Gasteiger partial charge on any atom is -0.370 e. The van der Waals surface area contributed by atoms with E-state index in [9.17, 15) is 0 Å². The molecule has 0 fully saturated rings. The first kappa shape index (κ1) is 14.3. The van der Waals surface area contributed by atoms with Gasteiger partial charge in [-0.05, 0) is 25.5 Å². The number of anilines is 1. The van der Waals surface area contributed by atoms with Crippen molar-refractivity contribution in [2.24, 2.45) is 0 Å². The van der Waals surface area contributed by atoms with Crippen LogP contribution in [0, 0.1) is 6.92 Å². The van der Waals surface area contributed by atoms with Crippen molar-refractivity contribution in [2.75, 3.05) is 17.6 Å². The van der Waals surface area contributed by atoms with E-state index in [0.29, 0.717) is 0 Å². The van der Waals surface area contributed by atoms with E-state index in [1.54, 1.807) is 6.33 Å². The van der Waals surface area contributed by atoms with Crippen molar-refractivity contribution < 1.29 is 0 Å². The van der Waals surface area contributed by atoms with Crippen LogP contribution in [0.3, 0.4) is 0 Å². The van der Waals surface area contributed by atoms with Gasteiger partial charge in [-0.1, -0.05) is 26.7 Å². The third kappa shape index (κ3) is 4.94. The molecule has 1 N–H and O–H groups in total. The minimum absolute atomic E-state index is 0.970. The molecule has 0 amide bonds. The fourth-order valence-electron chi connectivity index (χ4n) is 1.52. The Bertz CT molecular complexity index is 328. The minimum atomic E-state index is 0.970. The molecule has 0 unspecified atom stereocenters. The summed E-state index contributed by atoms with van der Waals surface area (Å²) >= 11 is 1.84. The average molecular weight is 253 g/mol. The Kier molecular flexibility index (Phi) is 7.01. The van der Waals surface area contributed by atoms with E-state index in [2.05, 4.69) is 36.1 Å². The number of unbranched alkanes of at least 4 members (excludes halogenated alkanes) is 2. The summed E-state index contributed by atoms with van der Waals surface area (Å²) in [5.41, 5.74) is 1.18. The molecule has 1 heterocycles. The van der Waals surface area contributed by atoms with Crippen LogP contribution in [0.15, 0.2) is 11.4 Å². The lowest BCUT2D eigenvalue weighted by Crippen LogP contribution is -2.05. The molecule has 0 aliphatic rings. The van der Waals surface area contributed by atoms with Crippen molar-refractivity contribution in [3.05, 3.63) is 11.9 Å². The Morgan fingerprint density at radius 1 is 1.18 bits per heavy atom. The number of nitrogens with zero attached hydrogens (tertiary/aromatic N) is 2. The van der Waals surface area contributed by atoms with Crippen LogP contribution >= 0.6 is 11.8 Å². The smallest absolute Gasteiger partial charge is 0.133 e. The molecule has 1 aromatic rings. The highest BCUT2D eigenvalue weighted by atomic mass is 32.2. The van der Waals surface area contributed by atoms with E-state index in [1.165, 1.54) is 24.8 Å². The van der Waals surface area contributed by atoms with E-state index < -0.39 is 0 Å². The number of hydrogen-bond acceptors (Lipinski definition) is 4. The van der Waals surface area contributed by atoms with Crippen molar-refractivity contribution in [3.8, 4) is 0 Å². The fraction of sp³-hybridized carbons (Fsp3) is 0.692. The number of hydrogen-bond donors (Lipinski definition) is 1. The maximum atomic E-state index is 4.36. The predicted molar refractivity (Wildman–Crippen MR) is 75.8 cm³/mol. The van der Waals surface area contributed by atoms with Gasteiger partial charge >= 0.3 is 0 Å². The van der Waals surface area contributed by atoms with Gasteiger partial charge in [0.2, 0.25) is 0 Å². The zero-order valence-corrected chi connectivity index (χ0v) is 11.9. The zero-order valence-electron chi connectivity index (χ0n) is 11.1. The third-order valence-corrected chi connectivity index (χ3v) is 3.74. The summed E-state index contributed by atoms with van der Waals surface area (Å²) < 4.78 is 0. The monoisotopic (exact) mass is 253 g/mol. The first-order valence-electron chi connectivity index (χ1n) is 6.47. The van der Waals surface area contributed by atoms with Crippen molar-refractivity contribution in [1.82, 2.24) is 9.97 Å². The Morgan fingerprint density at radius 3 is 2.71 bits per heavy atom. The first-order chi connectivity index (χ1) is 8.29. The molecule has 3 nitrogen and oxygen atoms in total. The van der Waals surface area contributed by atoms with E-state index in [-0.39, 0.29) is 0 Å². The van der Waals surface area contributed by atoms with Crippen molar-refractivity contribution in [1.29, 1.82) is 0 Å². The second-order valence-electron chi connectivity index (χ2n) is 4.13. The van der Waals surface area contributed by atoms with E-state index in [0.717, 1.165) is 29.6 Å². The van der Waals surface area contributed by atoms with Gasteiger partial charge in [0.15, 0.2) is 0 Å². The van der Waals surface area contributed by atoms with Crippen LogP contribution in [0.2, 0.25) is 0 Å². The largest absolute Gasteiger partial charge is 0.370 e. The normalized spacial score (nSPS) is 10.5. The second kappa shape index (κ2) is 8.34. The third-order valence-electron chi connectivity index (χ3n) is 2.57. The van der Waals surface area contributed by atoms with E-state index in [1.807, 2.05) is 11.8 Å². The Labute approximate surface area is 109 Å². The van der Waals surface area contributed by atoms with Crippen LogP contribution < -0.4 is 5.32 Å². The van der Waals surface area contributed by atoms with Gasteiger partial charge in [0.25, 0.3) is 0 Å². The Balaban J connectivity index is 2.53. The van der Waals surface area contributed by atoms with Crippen molar-refractivity contribution >= 4 is 17.6 Å². The first-order valence-corrected chi connectivity index (χ1v) is 7.46. The highest BCUT2D eigenvalue weighted by Gasteiger charge is 2.06. The van der Waals surface area contributed by atoms with Gasteiger partial charge in [0.1, 0.15) is 17.2 Å². The van der Waals surface area contributed by atoms with Gasteiger partial charge < -0.3 is 5.32 Å². The van der Waals surface area contributed by atoms with Gasteiger partial charge in [0, 0.05) is 12.1 Å². The Morgan fingerprint density at radius 2 is 2.00 bits per heavy atom. The van der Waals surface area contributed by atoms with Crippen LogP contribution in [-0.4, -0.2) is 22.3 Å². The highest BCUT2D eigenvalue weighted by Crippen LogP contribution is 2.24. The lowest BCUT2D eigenvalue weighted by atomic mass is 10.3. The quantitative estimate of drug-likeness (QED) is 0.433. The number of rotatable bonds is 8. The predicted octanol–water partition coefficient (Wildman–Crippen LogP) is 3.89. The summed E-state index contributed by atoms with van der Waals surface area (Å²) in [5.74, 6) is 2.14. The SMILES string of the molecule is CCCCCSc1ncnc(NCCC)c1C. The molecule has 96 valence electrons. The van der Waals surface area contributed by atoms with E-state index in [4.69, 9.17) is 0 Å². The maximum Gasteiger partial charge on any atom is 0.133 e. The molecule has 0 aromatic carbocycles. The standard InChI is InChI=1S/C13H23N3S/c1-4-6-7-9-17-13-11(3)12(14-8-5-2)15-10-16-13/h10H,4-9H2,1-3H3,(H,14,15,16). The molecule has 0 saturated carbocycles. The second-order valence-corrected chi connectivity index (χ2v) is 5.22. The van der Waals surface area contributed by atoms with Crippen LogP contribution in [0.4, 0.5) is 5.82 Å². The molecule has 0 atom stereocenters.